The van der Waals surface area contributed by atoms with Crippen LogP contribution in [0.25, 0.3) is 11.3 Å². The third-order valence-corrected chi connectivity index (χ3v) is 3.40. The van der Waals surface area contributed by atoms with Gasteiger partial charge >= 0.3 is 0 Å². The number of aryl methyl sites for hydroxylation is 1. The van der Waals surface area contributed by atoms with Crippen LogP contribution in [0.4, 0.5) is 5.82 Å². The number of benzene rings is 1. The topological polar surface area (TPSA) is 29.9 Å². The average Bonchev–Trinajstić information content (AvgIpc) is 2.83. The Morgan fingerprint density at radius 2 is 2.31 bits per heavy atom. The second-order valence-electron chi connectivity index (χ2n) is 3.99. The van der Waals surface area contributed by atoms with Gasteiger partial charge in [0.05, 0.1) is 5.69 Å². The van der Waals surface area contributed by atoms with E-state index >= 15 is 0 Å². The molecule has 2 heterocycles. The van der Waals surface area contributed by atoms with E-state index in [9.17, 15) is 0 Å². The number of aromatic nitrogens is 2. The van der Waals surface area contributed by atoms with E-state index in [1.165, 1.54) is 11.1 Å². The number of fused-ring (bicyclic) bond motifs is 1. The molecule has 0 atom stereocenters. The molecule has 1 aromatic heterocycles. The fraction of sp³-hybridized carbons (Fsp3) is 0.250. The van der Waals surface area contributed by atoms with Crippen LogP contribution >= 0.6 is 15.9 Å². The van der Waals surface area contributed by atoms with Crippen LogP contribution in [0.2, 0.25) is 0 Å². The van der Waals surface area contributed by atoms with Crippen LogP contribution in [0, 0.1) is 0 Å². The second kappa shape index (κ2) is 3.63. The van der Waals surface area contributed by atoms with Gasteiger partial charge in [-0.3, -0.25) is 4.68 Å². The average molecular weight is 278 g/mol. The van der Waals surface area contributed by atoms with Gasteiger partial charge in [-0.05, 0) is 18.6 Å². The summed E-state index contributed by atoms with van der Waals surface area (Å²) >= 11 is 3.50. The van der Waals surface area contributed by atoms with Crippen molar-refractivity contribution in [2.24, 2.45) is 7.05 Å². The van der Waals surface area contributed by atoms with E-state index in [2.05, 4.69) is 38.5 Å². The largest absolute Gasteiger partial charge is 0.370 e. The van der Waals surface area contributed by atoms with Crippen LogP contribution in [0.5, 0.6) is 0 Å². The van der Waals surface area contributed by atoms with Gasteiger partial charge in [-0.15, -0.1) is 0 Å². The molecule has 16 heavy (non-hydrogen) atoms. The van der Waals surface area contributed by atoms with Gasteiger partial charge in [0, 0.05) is 29.2 Å². The minimum Gasteiger partial charge on any atom is -0.370 e. The summed E-state index contributed by atoms with van der Waals surface area (Å²) < 4.78 is 3.02. The van der Waals surface area contributed by atoms with Crippen LogP contribution in [-0.4, -0.2) is 16.3 Å². The number of halogens is 1. The summed E-state index contributed by atoms with van der Waals surface area (Å²) in [6, 6.07) is 8.29. The first-order chi connectivity index (χ1) is 7.75. The van der Waals surface area contributed by atoms with Gasteiger partial charge in [0.25, 0.3) is 0 Å². The number of nitrogens with one attached hydrogen (secondary N) is 1. The zero-order valence-corrected chi connectivity index (χ0v) is 10.6. The lowest BCUT2D eigenvalue weighted by atomic mass is 10.1. The molecule has 82 valence electrons. The lowest BCUT2D eigenvalue weighted by Crippen LogP contribution is -2.01. The Balaban J connectivity index is 2.17. The van der Waals surface area contributed by atoms with E-state index in [4.69, 9.17) is 0 Å². The zero-order chi connectivity index (χ0) is 11.1. The van der Waals surface area contributed by atoms with Crippen LogP contribution < -0.4 is 5.32 Å². The predicted molar refractivity (Wildman–Crippen MR) is 68.5 cm³/mol. The molecular formula is C12H12BrN3. The third-order valence-electron chi connectivity index (χ3n) is 2.91. The Labute approximate surface area is 103 Å². The van der Waals surface area contributed by atoms with Crippen LogP contribution in [0.1, 0.15) is 5.56 Å². The minimum atomic E-state index is 1.02. The van der Waals surface area contributed by atoms with Gasteiger partial charge in [0.1, 0.15) is 5.82 Å². The van der Waals surface area contributed by atoms with Crippen molar-refractivity contribution in [2.45, 2.75) is 6.42 Å². The quantitative estimate of drug-likeness (QED) is 0.869. The van der Waals surface area contributed by atoms with Crippen LogP contribution in [0.15, 0.2) is 28.7 Å². The van der Waals surface area contributed by atoms with E-state index in [0.717, 1.165) is 29.0 Å². The smallest absolute Gasteiger partial charge is 0.127 e. The molecule has 1 aliphatic rings. The summed E-state index contributed by atoms with van der Waals surface area (Å²) in [5.41, 5.74) is 3.61. The van der Waals surface area contributed by atoms with Crippen molar-refractivity contribution in [3.63, 3.8) is 0 Å². The molecule has 3 rings (SSSR count). The van der Waals surface area contributed by atoms with E-state index in [0.29, 0.717) is 0 Å². The molecule has 0 saturated carbocycles. The molecule has 1 aromatic carbocycles. The molecule has 1 aliphatic heterocycles. The van der Waals surface area contributed by atoms with E-state index < -0.39 is 0 Å². The number of anilines is 1. The van der Waals surface area contributed by atoms with E-state index in [1.54, 1.807) is 0 Å². The van der Waals surface area contributed by atoms with Gasteiger partial charge in [-0.1, -0.05) is 28.1 Å². The van der Waals surface area contributed by atoms with Crippen molar-refractivity contribution in [2.75, 3.05) is 11.9 Å². The molecule has 4 heteroatoms. The maximum Gasteiger partial charge on any atom is 0.127 e. The Morgan fingerprint density at radius 3 is 3.12 bits per heavy atom. The molecule has 2 aromatic rings. The summed E-state index contributed by atoms with van der Waals surface area (Å²) in [4.78, 5) is 0. The van der Waals surface area contributed by atoms with E-state index in [-0.39, 0.29) is 0 Å². The standard InChI is InChI=1S/C12H12BrN3/c1-16-12-10(5-6-14-12)11(15-16)8-3-2-4-9(13)7-8/h2-4,7,14H,5-6H2,1H3. The molecule has 0 saturated heterocycles. The highest BCUT2D eigenvalue weighted by Crippen LogP contribution is 2.32. The second-order valence-corrected chi connectivity index (χ2v) is 4.90. The first kappa shape index (κ1) is 9.90. The lowest BCUT2D eigenvalue weighted by molar-refractivity contribution is 0.775. The number of rotatable bonds is 1. The lowest BCUT2D eigenvalue weighted by Gasteiger charge is -2.00. The van der Waals surface area contributed by atoms with Gasteiger partial charge in [0.2, 0.25) is 0 Å². The van der Waals surface area contributed by atoms with Crippen molar-refractivity contribution in [3.8, 4) is 11.3 Å². The molecule has 0 fully saturated rings. The summed E-state index contributed by atoms with van der Waals surface area (Å²) in [5, 5.41) is 7.94. The Morgan fingerprint density at radius 1 is 1.44 bits per heavy atom. The van der Waals surface area contributed by atoms with Crippen molar-refractivity contribution < 1.29 is 0 Å². The van der Waals surface area contributed by atoms with Gasteiger partial charge < -0.3 is 5.32 Å². The minimum absolute atomic E-state index is 1.02. The highest BCUT2D eigenvalue weighted by Gasteiger charge is 2.21. The summed E-state index contributed by atoms with van der Waals surface area (Å²) in [6.07, 6.45) is 1.06. The molecule has 1 N–H and O–H groups in total. The molecule has 0 spiro atoms. The molecule has 0 unspecified atom stereocenters. The summed E-state index contributed by atoms with van der Waals surface area (Å²) in [5.74, 6) is 1.16. The molecule has 0 radical (unpaired) electrons. The number of hydrogen-bond acceptors (Lipinski definition) is 2. The molecule has 0 aliphatic carbocycles. The monoisotopic (exact) mass is 277 g/mol. The normalized spacial score (nSPS) is 13.6. The van der Waals surface area contributed by atoms with Gasteiger partial charge in [0.15, 0.2) is 0 Å². The third kappa shape index (κ3) is 1.45. The van der Waals surface area contributed by atoms with E-state index in [1.807, 2.05) is 23.9 Å². The summed E-state index contributed by atoms with van der Waals surface area (Å²) in [7, 11) is 1.98. The Bertz CT molecular complexity index is 545. The zero-order valence-electron chi connectivity index (χ0n) is 9.00. The first-order valence-corrected chi connectivity index (χ1v) is 6.10. The fourth-order valence-electron chi connectivity index (χ4n) is 2.20. The number of hydrogen-bond donors (Lipinski definition) is 1. The van der Waals surface area contributed by atoms with Gasteiger partial charge in [-0.2, -0.15) is 5.10 Å². The highest BCUT2D eigenvalue weighted by atomic mass is 79.9. The predicted octanol–water partition coefficient (Wildman–Crippen LogP) is 2.82. The maximum absolute atomic E-state index is 4.58. The molecule has 0 amide bonds. The molecular weight excluding hydrogens is 266 g/mol. The van der Waals surface area contributed by atoms with Crippen LogP contribution in [0.3, 0.4) is 0 Å². The Hall–Kier alpha value is -1.29. The van der Waals surface area contributed by atoms with Crippen molar-refractivity contribution in [1.82, 2.24) is 9.78 Å². The molecule has 3 nitrogen and oxygen atoms in total. The van der Waals surface area contributed by atoms with Gasteiger partial charge in [-0.25, -0.2) is 0 Å². The van der Waals surface area contributed by atoms with Crippen LogP contribution in [-0.2, 0) is 13.5 Å². The Kier molecular flexibility index (Phi) is 2.24. The van der Waals surface area contributed by atoms with Crippen molar-refractivity contribution >= 4 is 21.7 Å². The maximum atomic E-state index is 4.58. The SMILES string of the molecule is Cn1nc(-c2cccc(Br)c2)c2c1NCC2. The fourth-order valence-corrected chi connectivity index (χ4v) is 2.60. The number of nitrogens with zero attached hydrogens (tertiary/aromatic N) is 2. The van der Waals surface area contributed by atoms with Crippen molar-refractivity contribution in [3.05, 3.63) is 34.3 Å². The van der Waals surface area contributed by atoms with Crippen molar-refractivity contribution in [1.29, 1.82) is 0 Å². The highest BCUT2D eigenvalue weighted by molar-refractivity contribution is 9.10. The summed E-state index contributed by atoms with van der Waals surface area (Å²) in [6.45, 7) is 1.02. The molecule has 0 bridgehead atoms. The first-order valence-electron chi connectivity index (χ1n) is 5.31.